The van der Waals surface area contributed by atoms with Gasteiger partial charge >= 0.3 is 0 Å². The number of nitrogens with two attached hydrogens (primary N) is 1. The Balaban J connectivity index is 0.00000289. The van der Waals surface area contributed by atoms with Crippen LogP contribution in [0.2, 0.25) is 0 Å². The number of primary amides is 1. The summed E-state index contributed by atoms with van der Waals surface area (Å²) >= 11 is 0. The minimum Gasteiger partial charge on any atom is -0.484 e. The number of piperazine rings is 1. The van der Waals surface area contributed by atoms with Crippen LogP contribution in [-0.2, 0) is 18.4 Å². The highest BCUT2D eigenvalue weighted by Crippen LogP contribution is 2.29. The first-order valence-electron chi connectivity index (χ1n) is 10.3. The summed E-state index contributed by atoms with van der Waals surface area (Å²) in [5, 5.41) is 4.35. The lowest BCUT2D eigenvalue weighted by Crippen LogP contribution is -2.46. The molecule has 0 atom stereocenters. The second-order valence-electron chi connectivity index (χ2n) is 7.65. The molecule has 1 fully saturated rings. The summed E-state index contributed by atoms with van der Waals surface area (Å²) in [7, 11) is 1.97. The molecule has 1 saturated heterocycles. The molecule has 170 valence electrons. The van der Waals surface area contributed by atoms with Crippen molar-refractivity contribution in [2.45, 2.75) is 13.5 Å². The average molecular weight is 458 g/mol. The predicted molar refractivity (Wildman–Crippen MR) is 125 cm³/mol. The zero-order valence-corrected chi connectivity index (χ0v) is 19.1. The number of carbonyl (C=O) groups is 1. The van der Waals surface area contributed by atoms with Gasteiger partial charge in [0, 0.05) is 69.0 Å². The van der Waals surface area contributed by atoms with E-state index >= 15 is 0 Å². The number of amides is 1. The lowest BCUT2D eigenvalue weighted by Gasteiger charge is -2.35. The zero-order chi connectivity index (χ0) is 21.8. The van der Waals surface area contributed by atoms with Crippen LogP contribution in [0.25, 0.3) is 11.3 Å². The van der Waals surface area contributed by atoms with E-state index in [-0.39, 0.29) is 19.0 Å². The molecule has 9 nitrogen and oxygen atoms in total. The second-order valence-corrected chi connectivity index (χ2v) is 7.65. The quantitative estimate of drug-likeness (QED) is 0.577. The minimum absolute atomic E-state index is 0. The molecule has 0 spiro atoms. The second kappa shape index (κ2) is 10.4. The number of rotatable bonds is 7. The predicted octanol–water partition coefficient (Wildman–Crippen LogP) is 1.79. The number of aryl methyl sites for hydroxylation is 1. The zero-order valence-electron chi connectivity index (χ0n) is 18.3. The molecule has 4 rings (SSSR count). The molecule has 0 bridgehead atoms. The third kappa shape index (κ3) is 5.35. The van der Waals surface area contributed by atoms with Gasteiger partial charge in [0.05, 0.1) is 6.20 Å². The number of hydrogen-bond donors (Lipinski definition) is 1. The summed E-state index contributed by atoms with van der Waals surface area (Å²) in [5.41, 5.74) is 9.39. The molecule has 3 aromatic rings. The highest BCUT2D eigenvalue weighted by molar-refractivity contribution is 5.85. The van der Waals surface area contributed by atoms with Crippen LogP contribution in [0.4, 0.5) is 5.82 Å². The fourth-order valence-electron chi connectivity index (χ4n) is 3.69. The first kappa shape index (κ1) is 23.5. The van der Waals surface area contributed by atoms with Crippen LogP contribution < -0.4 is 15.4 Å². The van der Waals surface area contributed by atoms with E-state index in [1.54, 1.807) is 12.4 Å². The van der Waals surface area contributed by atoms with E-state index in [0.717, 1.165) is 49.8 Å². The molecule has 10 heteroatoms. The Kier molecular flexibility index (Phi) is 7.66. The molecular formula is C22H28ClN7O2. The van der Waals surface area contributed by atoms with E-state index in [2.05, 4.69) is 31.8 Å². The van der Waals surface area contributed by atoms with Gasteiger partial charge in [-0.25, -0.2) is 4.98 Å². The lowest BCUT2D eigenvalue weighted by molar-refractivity contribution is -0.119. The number of halogens is 1. The molecule has 2 N–H and O–H groups in total. The van der Waals surface area contributed by atoms with Crippen molar-refractivity contribution in [1.82, 2.24) is 24.6 Å². The summed E-state index contributed by atoms with van der Waals surface area (Å²) in [6, 6.07) is 7.46. The molecule has 0 saturated carbocycles. The molecule has 0 aliphatic carbocycles. The van der Waals surface area contributed by atoms with E-state index in [4.69, 9.17) is 10.5 Å². The Morgan fingerprint density at radius 2 is 1.78 bits per heavy atom. The van der Waals surface area contributed by atoms with Crippen molar-refractivity contribution in [3.8, 4) is 17.0 Å². The first-order valence-corrected chi connectivity index (χ1v) is 10.3. The molecular weight excluding hydrogens is 430 g/mol. The lowest BCUT2D eigenvalue weighted by atomic mass is 10.1. The summed E-state index contributed by atoms with van der Waals surface area (Å²) in [6.07, 6.45) is 5.39. The number of hydrogen-bond acceptors (Lipinski definition) is 7. The molecule has 1 amide bonds. The van der Waals surface area contributed by atoms with Crippen LogP contribution >= 0.6 is 12.4 Å². The molecule has 32 heavy (non-hydrogen) atoms. The van der Waals surface area contributed by atoms with Crippen LogP contribution in [0.3, 0.4) is 0 Å². The molecule has 2 aromatic heterocycles. The Labute approximate surface area is 193 Å². The van der Waals surface area contributed by atoms with E-state index in [0.29, 0.717) is 5.75 Å². The third-order valence-electron chi connectivity index (χ3n) is 5.59. The van der Waals surface area contributed by atoms with Crippen LogP contribution in [0.15, 0.2) is 42.9 Å². The third-order valence-corrected chi connectivity index (χ3v) is 5.59. The largest absolute Gasteiger partial charge is 0.484 e. The van der Waals surface area contributed by atoms with Crippen molar-refractivity contribution in [2.24, 2.45) is 12.8 Å². The van der Waals surface area contributed by atoms with E-state index in [1.165, 1.54) is 11.3 Å². The molecule has 1 aromatic carbocycles. The SMILES string of the molecule is Cc1c(CN2CCN(c3nccnc3-c3ccc(OCC(N)=O)cc3)CC2)cnn1C.Cl. The number of aromatic nitrogens is 4. The van der Waals surface area contributed by atoms with Crippen LogP contribution in [0, 0.1) is 6.92 Å². The van der Waals surface area contributed by atoms with Gasteiger partial charge in [-0.3, -0.25) is 19.4 Å². The molecule has 1 aliphatic heterocycles. The van der Waals surface area contributed by atoms with Crippen molar-refractivity contribution in [3.05, 3.63) is 54.1 Å². The maximum absolute atomic E-state index is 10.9. The normalized spacial score (nSPS) is 14.1. The van der Waals surface area contributed by atoms with Crippen molar-refractivity contribution in [3.63, 3.8) is 0 Å². The fraction of sp³-hybridized carbons (Fsp3) is 0.364. The van der Waals surface area contributed by atoms with E-state index < -0.39 is 5.91 Å². The summed E-state index contributed by atoms with van der Waals surface area (Å²) in [4.78, 5) is 24.8. The summed E-state index contributed by atoms with van der Waals surface area (Å²) in [6.45, 7) is 6.53. The van der Waals surface area contributed by atoms with Gasteiger partial charge in [-0.15, -0.1) is 12.4 Å². The van der Waals surface area contributed by atoms with Crippen LogP contribution in [-0.4, -0.2) is 63.3 Å². The number of ether oxygens (including phenoxy) is 1. The molecule has 0 unspecified atom stereocenters. The maximum atomic E-state index is 10.9. The standard InChI is InChI=1S/C22H27N7O2.ClH/c1-16-18(13-26-27(16)2)14-28-9-11-29(12-10-28)22-21(24-7-8-25-22)17-3-5-19(6-4-17)31-15-20(23)30;/h3-8,13H,9-12,14-15H2,1-2H3,(H2,23,30);1H. The topological polar surface area (TPSA) is 102 Å². The van der Waals surface area contributed by atoms with Gasteiger partial charge in [-0.2, -0.15) is 5.10 Å². The van der Waals surface area contributed by atoms with Gasteiger partial charge in [0.1, 0.15) is 11.4 Å². The minimum atomic E-state index is -0.502. The van der Waals surface area contributed by atoms with E-state index in [1.807, 2.05) is 42.2 Å². The highest BCUT2D eigenvalue weighted by atomic mass is 35.5. The summed E-state index contributed by atoms with van der Waals surface area (Å²) in [5.74, 6) is 0.968. The maximum Gasteiger partial charge on any atom is 0.255 e. The monoisotopic (exact) mass is 457 g/mol. The van der Waals surface area contributed by atoms with Crippen LogP contribution in [0.5, 0.6) is 5.75 Å². The van der Waals surface area contributed by atoms with Crippen LogP contribution in [0.1, 0.15) is 11.3 Å². The van der Waals surface area contributed by atoms with E-state index in [9.17, 15) is 4.79 Å². The first-order chi connectivity index (χ1) is 15.0. The van der Waals surface area contributed by atoms with Gasteiger partial charge in [-0.1, -0.05) is 0 Å². The number of benzene rings is 1. The Bertz CT molecular complexity index is 1050. The van der Waals surface area contributed by atoms with Gasteiger partial charge in [0.15, 0.2) is 12.4 Å². The van der Waals surface area contributed by atoms with Gasteiger partial charge in [-0.05, 0) is 31.2 Å². The van der Waals surface area contributed by atoms with Crippen molar-refractivity contribution in [1.29, 1.82) is 0 Å². The number of nitrogens with zero attached hydrogens (tertiary/aromatic N) is 6. The number of anilines is 1. The van der Waals surface area contributed by atoms with Crippen molar-refractivity contribution >= 4 is 24.1 Å². The Hall–Kier alpha value is -3.17. The molecule has 0 radical (unpaired) electrons. The van der Waals surface area contributed by atoms with Crippen molar-refractivity contribution in [2.75, 3.05) is 37.7 Å². The molecule has 3 heterocycles. The Morgan fingerprint density at radius 1 is 1.09 bits per heavy atom. The van der Waals surface area contributed by atoms with Crippen molar-refractivity contribution < 1.29 is 9.53 Å². The number of carbonyl (C=O) groups excluding carboxylic acids is 1. The molecule has 1 aliphatic rings. The van der Waals surface area contributed by atoms with Gasteiger partial charge in [0.25, 0.3) is 5.91 Å². The van der Waals surface area contributed by atoms with Gasteiger partial charge in [0.2, 0.25) is 0 Å². The smallest absolute Gasteiger partial charge is 0.255 e. The average Bonchev–Trinajstić information content (AvgIpc) is 3.11. The highest BCUT2D eigenvalue weighted by Gasteiger charge is 2.22. The summed E-state index contributed by atoms with van der Waals surface area (Å²) < 4.78 is 7.26. The Morgan fingerprint density at radius 3 is 2.41 bits per heavy atom. The fourth-order valence-corrected chi connectivity index (χ4v) is 3.69. The van der Waals surface area contributed by atoms with Gasteiger partial charge < -0.3 is 15.4 Å².